The Morgan fingerprint density at radius 1 is 1.41 bits per heavy atom. The number of benzene rings is 1. The fraction of sp³-hybridized carbons (Fsp3) is 0.412. The van der Waals surface area contributed by atoms with Crippen LogP contribution in [0.25, 0.3) is 0 Å². The highest BCUT2D eigenvalue weighted by Crippen LogP contribution is 2.23. The first-order chi connectivity index (χ1) is 10.7. The van der Waals surface area contributed by atoms with Gasteiger partial charge in [0.05, 0.1) is 23.4 Å². The third-order valence-corrected chi connectivity index (χ3v) is 4.24. The second-order valence-electron chi connectivity index (χ2n) is 6.04. The zero-order chi connectivity index (χ0) is 15.5. The van der Waals surface area contributed by atoms with E-state index in [2.05, 4.69) is 21.2 Å². The molecule has 0 radical (unpaired) electrons. The average molecular weight is 296 g/mol. The molecule has 1 fully saturated rings. The van der Waals surface area contributed by atoms with Crippen molar-refractivity contribution in [3.05, 3.63) is 52.8 Å². The van der Waals surface area contributed by atoms with Crippen molar-refractivity contribution in [2.45, 2.75) is 26.0 Å². The lowest BCUT2D eigenvalue weighted by Crippen LogP contribution is -2.21. The van der Waals surface area contributed by atoms with E-state index in [4.69, 9.17) is 5.26 Å². The van der Waals surface area contributed by atoms with Crippen molar-refractivity contribution >= 4 is 0 Å². The fourth-order valence-corrected chi connectivity index (χ4v) is 3.13. The van der Waals surface area contributed by atoms with Crippen LogP contribution in [0.15, 0.2) is 30.3 Å². The molecular weight excluding hydrogens is 276 g/mol. The van der Waals surface area contributed by atoms with Gasteiger partial charge in [-0.05, 0) is 31.0 Å². The second-order valence-corrected chi connectivity index (χ2v) is 6.04. The predicted molar refractivity (Wildman–Crippen MR) is 83.0 cm³/mol. The lowest BCUT2D eigenvalue weighted by atomic mass is 10.00. The number of nitriles is 1. The summed E-state index contributed by atoms with van der Waals surface area (Å²) >= 11 is 0. The van der Waals surface area contributed by atoms with Crippen molar-refractivity contribution < 1.29 is 5.11 Å². The lowest BCUT2D eigenvalue weighted by molar-refractivity contribution is 0.140. The maximum Gasteiger partial charge on any atom is 0.0995 e. The van der Waals surface area contributed by atoms with E-state index in [-0.39, 0.29) is 12.0 Å². The smallest absolute Gasteiger partial charge is 0.0995 e. The highest BCUT2D eigenvalue weighted by molar-refractivity contribution is 5.37. The standard InChI is InChI=1S/C17H20N4O/c1-12-6-16(20-19-12)7-15-10-21(11-17(15)22)9-14-5-3-2-4-13(14)8-18/h2-6,15,17,22H,7,9-11H2,1H3,(H,19,20)/t15-,17+/m1/s1. The largest absolute Gasteiger partial charge is 0.391 e. The van der Waals surface area contributed by atoms with Gasteiger partial charge in [0.1, 0.15) is 0 Å². The molecule has 2 heterocycles. The predicted octanol–water partition coefficient (Wildman–Crippen LogP) is 1.63. The molecule has 5 nitrogen and oxygen atoms in total. The molecule has 2 N–H and O–H groups in total. The van der Waals surface area contributed by atoms with E-state index in [0.29, 0.717) is 18.7 Å². The normalized spacial score (nSPS) is 21.9. The van der Waals surface area contributed by atoms with Gasteiger partial charge < -0.3 is 5.11 Å². The number of aliphatic hydroxyl groups is 1. The van der Waals surface area contributed by atoms with Gasteiger partial charge in [-0.3, -0.25) is 10.00 Å². The van der Waals surface area contributed by atoms with E-state index >= 15 is 0 Å². The minimum Gasteiger partial charge on any atom is -0.391 e. The number of H-pyrrole nitrogens is 1. The van der Waals surface area contributed by atoms with Crippen molar-refractivity contribution in [3.63, 3.8) is 0 Å². The quantitative estimate of drug-likeness (QED) is 0.899. The first-order valence-electron chi connectivity index (χ1n) is 7.55. The van der Waals surface area contributed by atoms with Gasteiger partial charge in [-0.15, -0.1) is 0 Å². The Labute approximate surface area is 130 Å². The number of nitrogens with zero attached hydrogens (tertiary/aromatic N) is 3. The van der Waals surface area contributed by atoms with Gasteiger partial charge in [0.15, 0.2) is 0 Å². The Balaban J connectivity index is 1.64. The second kappa shape index (κ2) is 6.30. The summed E-state index contributed by atoms with van der Waals surface area (Å²) in [6, 6.07) is 11.9. The first-order valence-corrected chi connectivity index (χ1v) is 7.55. The molecule has 0 amide bonds. The van der Waals surface area contributed by atoms with Crippen LogP contribution in [0.5, 0.6) is 0 Å². The van der Waals surface area contributed by atoms with Crippen molar-refractivity contribution in [3.8, 4) is 6.07 Å². The van der Waals surface area contributed by atoms with Crippen LogP contribution in [0.2, 0.25) is 0 Å². The summed E-state index contributed by atoms with van der Waals surface area (Å²) < 4.78 is 0. The van der Waals surface area contributed by atoms with E-state index in [0.717, 1.165) is 29.9 Å². The molecule has 2 aromatic rings. The molecule has 0 aliphatic carbocycles. The molecule has 0 bridgehead atoms. The maximum absolute atomic E-state index is 10.3. The highest BCUT2D eigenvalue weighted by atomic mass is 16.3. The van der Waals surface area contributed by atoms with Crippen LogP contribution in [0.4, 0.5) is 0 Å². The number of rotatable bonds is 4. The number of likely N-dealkylation sites (tertiary alicyclic amines) is 1. The molecule has 5 heteroatoms. The van der Waals surface area contributed by atoms with E-state index < -0.39 is 0 Å². The summed E-state index contributed by atoms with van der Waals surface area (Å²) in [6.07, 6.45) is 0.438. The molecule has 22 heavy (non-hydrogen) atoms. The number of hydrogen-bond acceptors (Lipinski definition) is 4. The molecule has 1 aromatic heterocycles. The van der Waals surface area contributed by atoms with Crippen LogP contribution in [-0.2, 0) is 13.0 Å². The van der Waals surface area contributed by atoms with Gasteiger partial charge in [-0.2, -0.15) is 10.4 Å². The minimum atomic E-state index is -0.341. The number of nitrogens with one attached hydrogen (secondary N) is 1. The van der Waals surface area contributed by atoms with Gasteiger partial charge in [0, 0.05) is 31.2 Å². The number of aromatic nitrogens is 2. The lowest BCUT2D eigenvalue weighted by Gasteiger charge is -2.16. The molecule has 0 spiro atoms. The van der Waals surface area contributed by atoms with E-state index in [1.54, 1.807) is 0 Å². The fourth-order valence-electron chi connectivity index (χ4n) is 3.13. The Hall–Kier alpha value is -2.16. The van der Waals surface area contributed by atoms with Crippen molar-refractivity contribution in [1.82, 2.24) is 15.1 Å². The van der Waals surface area contributed by atoms with Crippen molar-refractivity contribution in [2.24, 2.45) is 5.92 Å². The van der Waals surface area contributed by atoms with Crippen LogP contribution in [-0.4, -0.2) is 39.4 Å². The maximum atomic E-state index is 10.3. The summed E-state index contributed by atoms with van der Waals surface area (Å²) in [5.74, 6) is 0.192. The summed E-state index contributed by atoms with van der Waals surface area (Å²) in [5.41, 5.74) is 3.78. The highest BCUT2D eigenvalue weighted by Gasteiger charge is 2.31. The number of aryl methyl sites for hydroxylation is 1. The van der Waals surface area contributed by atoms with E-state index in [9.17, 15) is 5.11 Å². The third-order valence-electron chi connectivity index (χ3n) is 4.24. The molecule has 1 aliphatic heterocycles. The Morgan fingerprint density at radius 2 is 2.23 bits per heavy atom. The monoisotopic (exact) mass is 296 g/mol. The molecule has 3 rings (SSSR count). The first kappa shape index (κ1) is 14.8. The van der Waals surface area contributed by atoms with Crippen LogP contribution in [0.3, 0.4) is 0 Å². The molecule has 1 saturated heterocycles. The Morgan fingerprint density at radius 3 is 2.95 bits per heavy atom. The summed E-state index contributed by atoms with van der Waals surface area (Å²) in [4.78, 5) is 2.21. The van der Waals surface area contributed by atoms with E-state index in [1.807, 2.05) is 37.3 Å². The molecule has 0 saturated carbocycles. The number of β-amino-alcohol motifs (C(OH)–C–C–N with tert-alkyl or cyclic N) is 1. The zero-order valence-corrected chi connectivity index (χ0v) is 12.7. The Kier molecular flexibility index (Phi) is 4.23. The molecule has 0 unspecified atom stereocenters. The van der Waals surface area contributed by atoms with Gasteiger partial charge in [-0.25, -0.2) is 0 Å². The SMILES string of the molecule is Cc1cc(C[C@@H]2CN(Cc3ccccc3C#N)C[C@@H]2O)n[nH]1. The van der Waals surface area contributed by atoms with E-state index in [1.165, 1.54) is 0 Å². The zero-order valence-electron chi connectivity index (χ0n) is 12.7. The van der Waals surface area contributed by atoms with Crippen LogP contribution < -0.4 is 0 Å². The average Bonchev–Trinajstić information content (AvgIpc) is 3.06. The summed E-state index contributed by atoms with van der Waals surface area (Å²) in [7, 11) is 0. The topological polar surface area (TPSA) is 75.9 Å². The van der Waals surface area contributed by atoms with Crippen LogP contribution in [0.1, 0.15) is 22.5 Å². The minimum absolute atomic E-state index is 0.192. The number of aromatic amines is 1. The number of aliphatic hydroxyl groups excluding tert-OH is 1. The van der Waals surface area contributed by atoms with Gasteiger partial charge in [-0.1, -0.05) is 18.2 Å². The molecule has 2 atom stereocenters. The number of hydrogen-bond donors (Lipinski definition) is 2. The summed E-state index contributed by atoms with van der Waals surface area (Å²) in [6.45, 7) is 4.16. The van der Waals surface area contributed by atoms with Crippen LogP contribution in [0, 0.1) is 24.2 Å². The molecule has 1 aliphatic rings. The third kappa shape index (κ3) is 3.19. The van der Waals surface area contributed by atoms with Crippen molar-refractivity contribution in [1.29, 1.82) is 5.26 Å². The van der Waals surface area contributed by atoms with Crippen LogP contribution >= 0.6 is 0 Å². The van der Waals surface area contributed by atoms with Gasteiger partial charge in [0.25, 0.3) is 0 Å². The Bertz CT molecular complexity index is 688. The summed E-state index contributed by atoms with van der Waals surface area (Å²) in [5, 5.41) is 26.6. The molecule has 114 valence electrons. The van der Waals surface area contributed by atoms with Gasteiger partial charge >= 0.3 is 0 Å². The molecular formula is C17H20N4O. The van der Waals surface area contributed by atoms with Crippen molar-refractivity contribution in [2.75, 3.05) is 13.1 Å². The van der Waals surface area contributed by atoms with Gasteiger partial charge in [0.2, 0.25) is 0 Å². The molecule has 1 aromatic carbocycles.